The van der Waals surface area contributed by atoms with E-state index in [0.29, 0.717) is 0 Å². The lowest BCUT2D eigenvalue weighted by Gasteiger charge is -2.11. The molecule has 0 radical (unpaired) electrons. The van der Waals surface area contributed by atoms with Crippen LogP contribution in [0.2, 0.25) is 0 Å². The number of nitrogens with zero attached hydrogens (tertiary/aromatic N) is 2. The fourth-order valence-electron chi connectivity index (χ4n) is 1.42. The van der Waals surface area contributed by atoms with E-state index in [1.54, 1.807) is 0 Å². The van der Waals surface area contributed by atoms with Crippen molar-refractivity contribution in [2.75, 3.05) is 18.5 Å². The van der Waals surface area contributed by atoms with E-state index in [-0.39, 0.29) is 0 Å². The molecule has 0 spiro atoms. The molecule has 1 aliphatic rings. The number of aromatic nitrogens is 1. The third-order valence-electron chi connectivity index (χ3n) is 2.16. The van der Waals surface area contributed by atoms with Crippen LogP contribution in [0.15, 0.2) is 17.1 Å². The fraction of sp³-hybridized carbons (Fsp3) is 0.444. The summed E-state index contributed by atoms with van der Waals surface area (Å²) in [5.74, 6) is 0.863. The van der Waals surface area contributed by atoms with Gasteiger partial charge in [-0.15, -0.1) is 0 Å². The van der Waals surface area contributed by atoms with E-state index in [9.17, 15) is 0 Å². The van der Waals surface area contributed by atoms with Gasteiger partial charge in [-0.3, -0.25) is 15.1 Å². The summed E-state index contributed by atoms with van der Waals surface area (Å²) in [4.78, 5) is 4.27. The average Bonchev–Trinajstić information content (AvgIpc) is 2.70. The van der Waals surface area contributed by atoms with E-state index in [1.807, 2.05) is 4.68 Å². The lowest BCUT2D eigenvalue weighted by molar-refractivity contribution is 0.875. The molecule has 2 heterocycles. The fourth-order valence-corrected chi connectivity index (χ4v) is 1.42. The van der Waals surface area contributed by atoms with Crippen LogP contribution in [-0.2, 0) is 0 Å². The van der Waals surface area contributed by atoms with Crippen LogP contribution in [0.3, 0.4) is 0 Å². The Morgan fingerprint density at radius 1 is 1.38 bits per heavy atom. The van der Waals surface area contributed by atoms with Crippen LogP contribution in [0.5, 0.6) is 0 Å². The minimum absolute atomic E-state index is 0.863. The van der Waals surface area contributed by atoms with Crippen molar-refractivity contribution in [2.24, 2.45) is 4.99 Å². The van der Waals surface area contributed by atoms with Gasteiger partial charge in [-0.05, 0) is 26.0 Å². The predicted octanol–water partition coefficient (Wildman–Crippen LogP) is 0.608. The van der Waals surface area contributed by atoms with Gasteiger partial charge in [0.1, 0.15) is 0 Å². The Hall–Kier alpha value is -1.45. The highest BCUT2D eigenvalue weighted by Gasteiger charge is 2.06. The molecule has 0 atom stereocenters. The van der Waals surface area contributed by atoms with Crippen molar-refractivity contribution in [1.82, 2.24) is 9.99 Å². The van der Waals surface area contributed by atoms with Crippen molar-refractivity contribution in [3.05, 3.63) is 23.5 Å². The molecule has 0 saturated carbocycles. The Kier molecular flexibility index (Phi) is 1.96. The van der Waals surface area contributed by atoms with Crippen LogP contribution in [0.25, 0.3) is 0 Å². The second-order valence-corrected chi connectivity index (χ2v) is 3.22. The van der Waals surface area contributed by atoms with Crippen LogP contribution < -0.4 is 10.7 Å². The summed E-state index contributed by atoms with van der Waals surface area (Å²) in [6.07, 6.45) is 0. The van der Waals surface area contributed by atoms with Gasteiger partial charge in [0.2, 0.25) is 5.96 Å². The van der Waals surface area contributed by atoms with Gasteiger partial charge in [-0.1, -0.05) is 0 Å². The topological polar surface area (TPSA) is 41.4 Å². The van der Waals surface area contributed by atoms with Gasteiger partial charge in [0.05, 0.1) is 6.54 Å². The molecule has 4 nitrogen and oxygen atoms in total. The van der Waals surface area contributed by atoms with Crippen molar-refractivity contribution in [3.63, 3.8) is 0 Å². The second kappa shape index (κ2) is 3.12. The molecule has 1 aromatic rings. The second-order valence-electron chi connectivity index (χ2n) is 3.22. The predicted molar refractivity (Wildman–Crippen MR) is 53.6 cm³/mol. The Labute approximate surface area is 77.6 Å². The molecule has 0 fully saturated rings. The summed E-state index contributed by atoms with van der Waals surface area (Å²) in [7, 11) is 0. The van der Waals surface area contributed by atoms with Gasteiger partial charge in [0.25, 0.3) is 0 Å². The Morgan fingerprint density at radius 2 is 2.08 bits per heavy atom. The summed E-state index contributed by atoms with van der Waals surface area (Å²) >= 11 is 0. The van der Waals surface area contributed by atoms with Crippen LogP contribution in [0, 0.1) is 13.8 Å². The lowest BCUT2D eigenvalue weighted by Crippen LogP contribution is -2.33. The number of aliphatic imine (C=N–C) groups is 1. The molecule has 4 heteroatoms. The Bertz CT molecular complexity index is 318. The largest absolute Gasteiger partial charge is 0.353 e. The van der Waals surface area contributed by atoms with E-state index >= 15 is 0 Å². The van der Waals surface area contributed by atoms with Crippen LogP contribution in [0.1, 0.15) is 11.4 Å². The zero-order chi connectivity index (χ0) is 9.26. The first-order valence-electron chi connectivity index (χ1n) is 4.47. The third-order valence-corrected chi connectivity index (χ3v) is 2.16. The number of aryl methyl sites for hydroxylation is 2. The van der Waals surface area contributed by atoms with Crippen LogP contribution in [-0.4, -0.2) is 23.7 Å². The number of hydrogen-bond donors (Lipinski definition) is 2. The minimum Gasteiger partial charge on any atom is -0.353 e. The smallest absolute Gasteiger partial charge is 0.210 e. The first-order chi connectivity index (χ1) is 6.27. The molecule has 2 N–H and O–H groups in total. The monoisotopic (exact) mass is 178 g/mol. The molecule has 0 aromatic carbocycles. The molecule has 0 amide bonds. The molecular formula is C9H14N4. The summed E-state index contributed by atoms with van der Waals surface area (Å²) in [5.41, 5.74) is 5.59. The highest BCUT2D eigenvalue weighted by Crippen LogP contribution is 2.03. The highest BCUT2D eigenvalue weighted by molar-refractivity contribution is 5.88. The summed E-state index contributed by atoms with van der Waals surface area (Å²) in [5, 5.41) is 3.17. The summed E-state index contributed by atoms with van der Waals surface area (Å²) < 4.78 is 2.02. The van der Waals surface area contributed by atoms with Gasteiger partial charge in [0.15, 0.2) is 0 Å². The number of guanidine groups is 1. The minimum atomic E-state index is 0.863. The van der Waals surface area contributed by atoms with Crippen molar-refractivity contribution in [1.29, 1.82) is 0 Å². The summed E-state index contributed by atoms with van der Waals surface area (Å²) in [6.45, 7) is 5.93. The molecule has 13 heavy (non-hydrogen) atoms. The first kappa shape index (κ1) is 8.16. The molecule has 1 aromatic heterocycles. The van der Waals surface area contributed by atoms with Gasteiger partial charge in [-0.2, -0.15) is 0 Å². The van der Waals surface area contributed by atoms with E-state index in [4.69, 9.17) is 0 Å². The van der Waals surface area contributed by atoms with E-state index in [1.165, 1.54) is 11.4 Å². The maximum atomic E-state index is 4.27. The van der Waals surface area contributed by atoms with Crippen LogP contribution in [0.4, 0.5) is 0 Å². The van der Waals surface area contributed by atoms with Crippen molar-refractivity contribution < 1.29 is 0 Å². The van der Waals surface area contributed by atoms with E-state index < -0.39 is 0 Å². The third kappa shape index (κ3) is 1.52. The van der Waals surface area contributed by atoms with Gasteiger partial charge in [-0.25, -0.2) is 0 Å². The molecule has 0 unspecified atom stereocenters. The van der Waals surface area contributed by atoms with Crippen molar-refractivity contribution >= 4 is 5.96 Å². The van der Waals surface area contributed by atoms with Crippen LogP contribution >= 0.6 is 0 Å². The maximum Gasteiger partial charge on any atom is 0.210 e. The Balaban J connectivity index is 2.16. The molecule has 0 bridgehead atoms. The molecule has 0 saturated heterocycles. The maximum absolute atomic E-state index is 4.27. The highest BCUT2D eigenvalue weighted by atomic mass is 15.5. The van der Waals surface area contributed by atoms with Gasteiger partial charge < -0.3 is 5.32 Å². The number of hydrogen-bond acceptors (Lipinski definition) is 3. The quantitative estimate of drug-likeness (QED) is 0.661. The Morgan fingerprint density at radius 3 is 2.62 bits per heavy atom. The number of rotatable bonds is 1. The molecule has 2 rings (SSSR count). The zero-order valence-electron chi connectivity index (χ0n) is 7.96. The SMILES string of the molecule is Cc1ccc(C)n1NC1=NCCN1. The number of nitrogens with one attached hydrogen (secondary N) is 2. The average molecular weight is 178 g/mol. The zero-order valence-corrected chi connectivity index (χ0v) is 7.96. The van der Waals surface area contributed by atoms with Gasteiger partial charge in [0, 0.05) is 17.9 Å². The van der Waals surface area contributed by atoms with Crippen molar-refractivity contribution in [2.45, 2.75) is 13.8 Å². The normalized spacial score (nSPS) is 15.4. The molecular weight excluding hydrogens is 164 g/mol. The first-order valence-corrected chi connectivity index (χ1v) is 4.47. The standard InChI is InChI=1S/C9H14N4/c1-7-3-4-8(2)13(7)12-9-10-5-6-11-9/h3-4H,5-6H2,1-2H3,(H2,10,11,12). The van der Waals surface area contributed by atoms with Crippen molar-refractivity contribution in [3.8, 4) is 0 Å². The van der Waals surface area contributed by atoms with E-state index in [0.717, 1.165) is 19.0 Å². The molecule has 0 aliphatic carbocycles. The van der Waals surface area contributed by atoms with Gasteiger partial charge >= 0.3 is 0 Å². The lowest BCUT2D eigenvalue weighted by atomic mass is 10.5. The molecule has 70 valence electrons. The van der Waals surface area contributed by atoms with E-state index in [2.05, 4.69) is 41.7 Å². The molecule has 1 aliphatic heterocycles. The summed E-state index contributed by atoms with van der Waals surface area (Å²) in [6, 6.07) is 4.16.